The van der Waals surface area contributed by atoms with Gasteiger partial charge in [-0.2, -0.15) is 5.26 Å². The van der Waals surface area contributed by atoms with Crippen molar-refractivity contribution < 1.29 is 4.79 Å². The average molecular weight is 320 g/mol. The van der Waals surface area contributed by atoms with Crippen LogP contribution in [0.15, 0.2) is 54.6 Å². The Labute approximate surface area is 141 Å². The molecule has 1 saturated heterocycles. The van der Waals surface area contributed by atoms with Crippen molar-refractivity contribution in [1.82, 2.24) is 10.2 Å². The van der Waals surface area contributed by atoms with Gasteiger partial charge >= 0.3 is 6.03 Å². The lowest BCUT2D eigenvalue weighted by molar-refractivity contribution is 0.247. The molecule has 24 heavy (non-hydrogen) atoms. The zero-order valence-electron chi connectivity index (χ0n) is 13.4. The maximum Gasteiger partial charge on any atom is 0.319 e. The number of likely N-dealkylation sites (tertiary alicyclic amines) is 1. The van der Waals surface area contributed by atoms with Crippen LogP contribution in [-0.4, -0.2) is 30.1 Å². The van der Waals surface area contributed by atoms with Crippen LogP contribution in [0, 0.1) is 11.3 Å². The molecular weight excluding hydrogens is 300 g/mol. The van der Waals surface area contributed by atoms with Crippen molar-refractivity contribution in [1.29, 1.82) is 5.26 Å². The average Bonchev–Trinajstić information content (AvgIpc) is 3.03. The van der Waals surface area contributed by atoms with Crippen molar-refractivity contribution in [3.8, 4) is 6.07 Å². The molecule has 2 aromatic rings. The van der Waals surface area contributed by atoms with Crippen LogP contribution < -0.4 is 10.6 Å². The van der Waals surface area contributed by atoms with E-state index >= 15 is 0 Å². The van der Waals surface area contributed by atoms with Crippen LogP contribution in [0.1, 0.15) is 17.5 Å². The van der Waals surface area contributed by atoms with Crippen molar-refractivity contribution in [2.45, 2.75) is 19.0 Å². The molecule has 2 amide bonds. The molecule has 0 bridgehead atoms. The Kier molecular flexibility index (Phi) is 5.09. The first kappa shape index (κ1) is 16.0. The summed E-state index contributed by atoms with van der Waals surface area (Å²) in [6.45, 7) is 2.75. The van der Waals surface area contributed by atoms with E-state index in [1.807, 2.05) is 18.2 Å². The second-order valence-electron chi connectivity index (χ2n) is 5.99. The van der Waals surface area contributed by atoms with Gasteiger partial charge in [0.25, 0.3) is 0 Å². The molecule has 2 aromatic carbocycles. The Bertz CT molecular complexity index is 721. The summed E-state index contributed by atoms with van der Waals surface area (Å²) in [4.78, 5) is 14.4. The summed E-state index contributed by atoms with van der Waals surface area (Å²) in [7, 11) is 0. The van der Waals surface area contributed by atoms with E-state index in [9.17, 15) is 4.79 Å². The Morgan fingerprint density at radius 2 is 1.92 bits per heavy atom. The molecule has 1 unspecified atom stereocenters. The molecule has 1 aliphatic rings. The molecule has 0 radical (unpaired) electrons. The van der Waals surface area contributed by atoms with Gasteiger partial charge in [0.05, 0.1) is 11.6 Å². The number of nitriles is 1. The highest BCUT2D eigenvalue weighted by atomic mass is 16.2. The van der Waals surface area contributed by atoms with Crippen molar-refractivity contribution >= 4 is 11.7 Å². The molecule has 1 aliphatic heterocycles. The molecule has 0 saturated carbocycles. The third kappa shape index (κ3) is 4.34. The summed E-state index contributed by atoms with van der Waals surface area (Å²) in [5, 5.41) is 14.6. The summed E-state index contributed by atoms with van der Waals surface area (Å²) < 4.78 is 0. The maximum absolute atomic E-state index is 12.1. The fourth-order valence-electron chi connectivity index (χ4n) is 2.92. The molecule has 2 N–H and O–H groups in total. The van der Waals surface area contributed by atoms with Gasteiger partial charge in [0, 0.05) is 31.4 Å². The Hall–Kier alpha value is -2.84. The van der Waals surface area contributed by atoms with Gasteiger partial charge in [0.15, 0.2) is 0 Å². The van der Waals surface area contributed by atoms with Gasteiger partial charge in [-0.3, -0.25) is 4.90 Å². The number of amides is 2. The molecule has 1 atom stereocenters. The molecular formula is C19H20N4O. The van der Waals surface area contributed by atoms with Gasteiger partial charge in [-0.1, -0.05) is 30.3 Å². The summed E-state index contributed by atoms with van der Waals surface area (Å²) in [6.07, 6.45) is 0.952. The number of rotatable bonds is 4. The Balaban J connectivity index is 1.46. The predicted molar refractivity (Wildman–Crippen MR) is 93.4 cm³/mol. The number of hydrogen-bond acceptors (Lipinski definition) is 3. The van der Waals surface area contributed by atoms with Crippen LogP contribution in [0.4, 0.5) is 10.5 Å². The van der Waals surface area contributed by atoms with Gasteiger partial charge in [-0.25, -0.2) is 4.79 Å². The minimum Gasteiger partial charge on any atom is -0.334 e. The molecule has 1 heterocycles. The van der Waals surface area contributed by atoms with Gasteiger partial charge in [0.2, 0.25) is 0 Å². The summed E-state index contributed by atoms with van der Waals surface area (Å²) >= 11 is 0. The van der Waals surface area contributed by atoms with Crippen molar-refractivity contribution in [3.63, 3.8) is 0 Å². The number of carbonyl (C=O) groups is 1. The van der Waals surface area contributed by atoms with E-state index in [2.05, 4.69) is 33.7 Å². The quantitative estimate of drug-likeness (QED) is 0.910. The van der Waals surface area contributed by atoms with E-state index in [0.717, 1.165) is 26.1 Å². The van der Waals surface area contributed by atoms with E-state index in [1.165, 1.54) is 5.56 Å². The van der Waals surface area contributed by atoms with Crippen LogP contribution in [0.25, 0.3) is 0 Å². The first-order chi connectivity index (χ1) is 11.7. The second kappa shape index (κ2) is 7.62. The van der Waals surface area contributed by atoms with Crippen LogP contribution >= 0.6 is 0 Å². The van der Waals surface area contributed by atoms with Crippen LogP contribution in [0.5, 0.6) is 0 Å². The van der Waals surface area contributed by atoms with E-state index in [0.29, 0.717) is 11.3 Å². The highest BCUT2D eigenvalue weighted by molar-refractivity contribution is 5.89. The van der Waals surface area contributed by atoms with E-state index in [-0.39, 0.29) is 12.1 Å². The van der Waals surface area contributed by atoms with Crippen molar-refractivity contribution in [2.24, 2.45) is 0 Å². The fraction of sp³-hybridized carbons (Fsp3) is 0.263. The molecule has 122 valence electrons. The number of nitrogens with one attached hydrogen (secondary N) is 2. The minimum absolute atomic E-state index is 0.159. The first-order valence-corrected chi connectivity index (χ1v) is 8.07. The van der Waals surface area contributed by atoms with Crippen LogP contribution in [0.2, 0.25) is 0 Å². The van der Waals surface area contributed by atoms with Gasteiger partial charge in [-0.05, 0) is 36.2 Å². The third-order valence-electron chi connectivity index (χ3n) is 4.13. The van der Waals surface area contributed by atoms with E-state index < -0.39 is 0 Å². The molecule has 0 aliphatic carbocycles. The second-order valence-corrected chi connectivity index (χ2v) is 5.99. The molecule has 3 rings (SSSR count). The number of carbonyl (C=O) groups excluding carboxylic acids is 1. The number of hydrogen-bond donors (Lipinski definition) is 2. The third-order valence-corrected chi connectivity index (χ3v) is 4.13. The molecule has 0 spiro atoms. The first-order valence-electron chi connectivity index (χ1n) is 8.07. The summed E-state index contributed by atoms with van der Waals surface area (Å²) in [5.41, 5.74) is 2.55. The lowest BCUT2D eigenvalue weighted by Gasteiger charge is -2.17. The largest absolute Gasteiger partial charge is 0.334 e. The van der Waals surface area contributed by atoms with Crippen molar-refractivity contribution in [2.75, 3.05) is 18.4 Å². The predicted octanol–water partition coefficient (Wildman–Crippen LogP) is 2.95. The minimum atomic E-state index is -0.203. The zero-order chi connectivity index (χ0) is 16.8. The fourth-order valence-corrected chi connectivity index (χ4v) is 2.92. The SMILES string of the molecule is N#Cc1ccc(NC(=O)NC2CCN(Cc3ccccc3)C2)cc1. The highest BCUT2D eigenvalue weighted by Crippen LogP contribution is 2.14. The summed E-state index contributed by atoms with van der Waals surface area (Å²) in [5.74, 6) is 0. The topological polar surface area (TPSA) is 68.2 Å². The van der Waals surface area contributed by atoms with Crippen LogP contribution in [0.3, 0.4) is 0 Å². The lowest BCUT2D eigenvalue weighted by Crippen LogP contribution is -2.39. The number of nitrogens with zero attached hydrogens (tertiary/aromatic N) is 2. The summed E-state index contributed by atoms with van der Waals surface area (Å²) in [6, 6.07) is 19.2. The molecule has 1 fully saturated rings. The Morgan fingerprint density at radius 1 is 1.17 bits per heavy atom. The van der Waals surface area contributed by atoms with Gasteiger partial charge < -0.3 is 10.6 Å². The van der Waals surface area contributed by atoms with E-state index in [1.54, 1.807) is 24.3 Å². The van der Waals surface area contributed by atoms with E-state index in [4.69, 9.17) is 5.26 Å². The number of benzene rings is 2. The smallest absolute Gasteiger partial charge is 0.319 e. The maximum atomic E-state index is 12.1. The normalized spacial score (nSPS) is 17.2. The highest BCUT2D eigenvalue weighted by Gasteiger charge is 2.23. The van der Waals surface area contributed by atoms with Crippen LogP contribution in [-0.2, 0) is 6.54 Å². The molecule has 0 aromatic heterocycles. The van der Waals surface area contributed by atoms with Gasteiger partial charge in [0.1, 0.15) is 0 Å². The lowest BCUT2D eigenvalue weighted by atomic mass is 10.2. The van der Waals surface area contributed by atoms with Crippen molar-refractivity contribution in [3.05, 3.63) is 65.7 Å². The Morgan fingerprint density at radius 3 is 2.62 bits per heavy atom. The molecule has 5 nitrogen and oxygen atoms in total. The van der Waals surface area contributed by atoms with Gasteiger partial charge in [-0.15, -0.1) is 0 Å². The standard InChI is InChI=1S/C19H20N4O/c20-12-15-6-8-17(9-7-15)21-19(24)22-18-10-11-23(14-18)13-16-4-2-1-3-5-16/h1-9,18H,10-11,13-14H2,(H2,21,22,24). The number of urea groups is 1. The monoisotopic (exact) mass is 320 g/mol. The zero-order valence-corrected chi connectivity index (χ0v) is 13.4. The number of anilines is 1. The molecule has 5 heteroatoms.